The smallest absolute Gasteiger partial charge is 0.328 e. The number of nitrogens with zero attached hydrogens (tertiary/aromatic N) is 1. The van der Waals surface area contributed by atoms with Crippen LogP contribution in [0, 0.1) is 0 Å². The fourth-order valence-corrected chi connectivity index (χ4v) is 2.86. The summed E-state index contributed by atoms with van der Waals surface area (Å²) in [6.07, 6.45) is -1.34. The maximum Gasteiger partial charge on any atom is 0.416 e. The number of carbonyl (C=O) groups is 1. The van der Waals surface area contributed by atoms with Crippen molar-refractivity contribution in [2.24, 2.45) is 5.73 Å². The Balaban J connectivity index is 0.00000312. The molecular formula is C16H19ClF3N3OS. The van der Waals surface area contributed by atoms with Gasteiger partial charge in [-0.3, -0.25) is 4.79 Å². The van der Waals surface area contributed by atoms with Crippen molar-refractivity contribution >= 4 is 34.8 Å². The maximum atomic E-state index is 12.5. The van der Waals surface area contributed by atoms with Crippen LogP contribution in [0.15, 0.2) is 30.5 Å². The highest BCUT2D eigenvalue weighted by molar-refractivity contribution is 7.15. The van der Waals surface area contributed by atoms with Gasteiger partial charge in [-0.05, 0) is 31.0 Å². The predicted molar refractivity (Wildman–Crippen MR) is 95.1 cm³/mol. The monoisotopic (exact) mass is 393 g/mol. The molecule has 4 nitrogen and oxygen atoms in total. The SMILES string of the molecule is CC(N)CCC(=O)Nc1ncc(Cc2ccc(C(F)(F)F)cc2)s1.Cl. The van der Waals surface area contributed by atoms with Crippen LogP contribution in [-0.2, 0) is 17.4 Å². The van der Waals surface area contributed by atoms with E-state index in [0.29, 0.717) is 24.4 Å². The molecule has 1 amide bonds. The van der Waals surface area contributed by atoms with Crippen molar-refractivity contribution in [3.63, 3.8) is 0 Å². The van der Waals surface area contributed by atoms with Gasteiger partial charge in [0.25, 0.3) is 0 Å². The third kappa shape index (κ3) is 7.01. The lowest BCUT2D eigenvalue weighted by molar-refractivity contribution is -0.137. The number of rotatable bonds is 6. The Bertz CT molecular complexity index is 687. The van der Waals surface area contributed by atoms with E-state index >= 15 is 0 Å². The summed E-state index contributed by atoms with van der Waals surface area (Å²) in [6, 6.07) is 4.98. The second-order valence-corrected chi connectivity index (χ2v) is 6.68. The van der Waals surface area contributed by atoms with Crippen molar-refractivity contribution in [2.45, 2.75) is 38.4 Å². The van der Waals surface area contributed by atoms with Gasteiger partial charge in [0.2, 0.25) is 5.91 Å². The van der Waals surface area contributed by atoms with Crippen LogP contribution >= 0.6 is 23.7 Å². The Morgan fingerprint density at radius 1 is 1.32 bits per heavy atom. The van der Waals surface area contributed by atoms with Crippen molar-refractivity contribution in [3.8, 4) is 0 Å². The molecular weight excluding hydrogens is 375 g/mol. The Morgan fingerprint density at radius 3 is 2.52 bits per heavy atom. The first kappa shape index (κ1) is 21.4. The molecule has 1 heterocycles. The molecule has 0 aliphatic carbocycles. The fraction of sp³-hybridized carbons (Fsp3) is 0.375. The quantitative estimate of drug-likeness (QED) is 0.771. The number of nitrogens with two attached hydrogens (primary N) is 1. The lowest BCUT2D eigenvalue weighted by Crippen LogP contribution is -2.19. The first-order valence-electron chi connectivity index (χ1n) is 7.40. The van der Waals surface area contributed by atoms with Crippen molar-refractivity contribution in [2.75, 3.05) is 5.32 Å². The van der Waals surface area contributed by atoms with Crippen LogP contribution in [0.5, 0.6) is 0 Å². The molecule has 0 spiro atoms. The van der Waals surface area contributed by atoms with E-state index in [1.54, 1.807) is 6.20 Å². The van der Waals surface area contributed by atoms with Gasteiger partial charge in [-0.2, -0.15) is 13.2 Å². The zero-order valence-corrected chi connectivity index (χ0v) is 15.1. The summed E-state index contributed by atoms with van der Waals surface area (Å²) in [5.41, 5.74) is 5.68. The van der Waals surface area contributed by atoms with Gasteiger partial charge in [0.1, 0.15) is 0 Å². The fourth-order valence-electron chi connectivity index (χ4n) is 2.00. The molecule has 1 aromatic heterocycles. The normalized spacial score (nSPS) is 12.4. The number of thiazole rings is 1. The Labute approximate surface area is 154 Å². The largest absolute Gasteiger partial charge is 0.416 e. The third-order valence-corrected chi connectivity index (χ3v) is 4.20. The minimum atomic E-state index is -4.33. The van der Waals surface area contributed by atoms with E-state index in [-0.39, 0.29) is 24.4 Å². The molecule has 1 atom stereocenters. The van der Waals surface area contributed by atoms with Crippen LogP contribution in [0.25, 0.3) is 0 Å². The Morgan fingerprint density at radius 2 is 1.96 bits per heavy atom. The lowest BCUT2D eigenvalue weighted by atomic mass is 10.1. The Hall–Kier alpha value is -1.64. The molecule has 25 heavy (non-hydrogen) atoms. The molecule has 0 bridgehead atoms. The molecule has 0 saturated carbocycles. The van der Waals surface area contributed by atoms with Gasteiger partial charge in [0, 0.05) is 30.0 Å². The van der Waals surface area contributed by atoms with Gasteiger partial charge >= 0.3 is 6.18 Å². The van der Waals surface area contributed by atoms with E-state index in [1.165, 1.54) is 23.5 Å². The van der Waals surface area contributed by atoms with Gasteiger partial charge in [-0.15, -0.1) is 23.7 Å². The minimum absolute atomic E-state index is 0. The van der Waals surface area contributed by atoms with Crippen LogP contribution < -0.4 is 11.1 Å². The molecule has 0 aliphatic heterocycles. The van der Waals surface area contributed by atoms with Gasteiger partial charge < -0.3 is 11.1 Å². The summed E-state index contributed by atoms with van der Waals surface area (Å²) >= 11 is 1.30. The van der Waals surface area contributed by atoms with Crippen LogP contribution in [-0.4, -0.2) is 16.9 Å². The van der Waals surface area contributed by atoms with Gasteiger partial charge in [0.15, 0.2) is 5.13 Å². The van der Waals surface area contributed by atoms with Gasteiger partial charge in [-0.25, -0.2) is 4.98 Å². The molecule has 0 radical (unpaired) electrons. The summed E-state index contributed by atoms with van der Waals surface area (Å²) in [7, 11) is 0. The highest BCUT2D eigenvalue weighted by Crippen LogP contribution is 2.29. The molecule has 0 saturated heterocycles. The van der Waals surface area contributed by atoms with E-state index in [2.05, 4.69) is 10.3 Å². The first-order chi connectivity index (χ1) is 11.2. The summed E-state index contributed by atoms with van der Waals surface area (Å²) < 4.78 is 37.6. The zero-order valence-electron chi connectivity index (χ0n) is 13.5. The van der Waals surface area contributed by atoms with Crippen LogP contribution in [0.2, 0.25) is 0 Å². The van der Waals surface area contributed by atoms with E-state index in [0.717, 1.165) is 22.6 Å². The number of hydrogen-bond acceptors (Lipinski definition) is 4. The number of alkyl halides is 3. The number of anilines is 1. The number of benzene rings is 1. The van der Waals surface area contributed by atoms with E-state index in [9.17, 15) is 18.0 Å². The average molecular weight is 394 g/mol. The molecule has 9 heteroatoms. The molecule has 0 aliphatic rings. The van der Waals surface area contributed by atoms with Crippen molar-refractivity contribution in [1.29, 1.82) is 0 Å². The highest BCUT2D eigenvalue weighted by atomic mass is 35.5. The van der Waals surface area contributed by atoms with E-state index < -0.39 is 11.7 Å². The molecule has 138 valence electrons. The minimum Gasteiger partial charge on any atom is -0.328 e. The molecule has 0 fully saturated rings. The molecule has 1 unspecified atom stereocenters. The third-order valence-electron chi connectivity index (χ3n) is 3.29. The van der Waals surface area contributed by atoms with Crippen molar-refractivity contribution in [1.82, 2.24) is 4.98 Å². The topological polar surface area (TPSA) is 68.0 Å². The number of hydrogen-bond donors (Lipinski definition) is 2. The number of carbonyl (C=O) groups excluding carboxylic acids is 1. The lowest BCUT2D eigenvalue weighted by Gasteiger charge is -2.07. The van der Waals surface area contributed by atoms with Gasteiger partial charge in [-0.1, -0.05) is 12.1 Å². The standard InChI is InChI=1S/C16H18F3N3OS.ClH/c1-10(20)2-7-14(23)22-15-21-9-13(24-15)8-11-3-5-12(6-4-11)16(17,18)19;/h3-6,9-10H,2,7-8,20H2,1H3,(H,21,22,23);1H. The molecule has 3 N–H and O–H groups in total. The second-order valence-electron chi connectivity index (χ2n) is 5.57. The Kier molecular flexibility index (Phi) is 7.85. The summed E-state index contributed by atoms with van der Waals surface area (Å²) in [5, 5.41) is 3.17. The average Bonchev–Trinajstić information content (AvgIpc) is 2.92. The maximum absolute atomic E-state index is 12.5. The zero-order chi connectivity index (χ0) is 17.7. The van der Waals surface area contributed by atoms with E-state index in [1.807, 2.05) is 6.92 Å². The number of nitrogens with one attached hydrogen (secondary N) is 1. The van der Waals surface area contributed by atoms with Crippen LogP contribution in [0.4, 0.5) is 18.3 Å². The molecule has 2 aromatic rings. The van der Waals surface area contributed by atoms with Gasteiger partial charge in [0.05, 0.1) is 5.56 Å². The highest BCUT2D eigenvalue weighted by Gasteiger charge is 2.29. The summed E-state index contributed by atoms with van der Waals surface area (Å²) in [5.74, 6) is -0.150. The molecule has 2 rings (SSSR count). The molecule has 1 aromatic carbocycles. The predicted octanol–water partition coefficient (Wildman–Crippen LogP) is 4.24. The van der Waals surface area contributed by atoms with Crippen molar-refractivity contribution < 1.29 is 18.0 Å². The van der Waals surface area contributed by atoms with E-state index in [4.69, 9.17) is 5.73 Å². The van der Waals surface area contributed by atoms with Crippen LogP contribution in [0.1, 0.15) is 35.8 Å². The number of amides is 1. The second kappa shape index (κ2) is 9.17. The van der Waals surface area contributed by atoms with Crippen molar-refractivity contribution in [3.05, 3.63) is 46.5 Å². The summed E-state index contributed by atoms with van der Waals surface area (Å²) in [4.78, 5) is 16.7. The number of halogens is 4. The van der Waals surface area contributed by atoms with Crippen LogP contribution in [0.3, 0.4) is 0 Å². The number of aromatic nitrogens is 1. The summed E-state index contributed by atoms with van der Waals surface area (Å²) in [6.45, 7) is 1.83. The first-order valence-corrected chi connectivity index (χ1v) is 8.22.